The number of carbonyl (C=O) groups is 2. The molecule has 0 aliphatic rings. The van der Waals surface area contributed by atoms with E-state index in [2.05, 4.69) is 19.2 Å². The summed E-state index contributed by atoms with van der Waals surface area (Å²) in [5.41, 5.74) is 0.861. The smallest absolute Gasteiger partial charge is 0.387 e. The Labute approximate surface area is 174 Å². The molecule has 0 aliphatic heterocycles. The van der Waals surface area contributed by atoms with Gasteiger partial charge in [0.25, 0.3) is 0 Å². The van der Waals surface area contributed by atoms with Crippen LogP contribution in [-0.4, -0.2) is 23.3 Å². The SMILES string of the molecule is CC(C)Cc1ccc(C(=O)CCC(=O)NCC(O)c2cccc(C(F)(F)F)c2)cc1. The van der Waals surface area contributed by atoms with E-state index in [0.717, 1.165) is 24.1 Å². The summed E-state index contributed by atoms with van der Waals surface area (Å²) in [6, 6.07) is 11.6. The molecule has 30 heavy (non-hydrogen) atoms. The zero-order chi connectivity index (χ0) is 22.3. The van der Waals surface area contributed by atoms with E-state index in [9.17, 15) is 27.9 Å². The maximum atomic E-state index is 12.8. The number of aliphatic hydroxyl groups excluding tert-OH is 1. The number of alkyl halides is 3. The van der Waals surface area contributed by atoms with Crippen molar-refractivity contribution in [3.63, 3.8) is 0 Å². The van der Waals surface area contributed by atoms with Crippen LogP contribution in [0.2, 0.25) is 0 Å². The zero-order valence-corrected chi connectivity index (χ0v) is 17.0. The van der Waals surface area contributed by atoms with Crippen LogP contribution in [0.1, 0.15) is 59.8 Å². The van der Waals surface area contributed by atoms with Crippen LogP contribution in [0.5, 0.6) is 0 Å². The minimum atomic E-state index is -4.51. The summed E-state index contributed by atoms with van der Waals surface area (Å²) in [4.78, 5) is 24.2. The van der Waals surface area contributed by atoms with Gasteiger partial charge in [-0.3, -0.25) is 9.59 Å². The van der Waals surface area contributed by atoms with E-state index in [-0.39, 0.29) is 30.7 Å². The molecule has 0 saturated carbocycles. The molecular weight excluding hydrogens is 395 g/mol. The van der Waals surface area contributed by atoms with E-state index < -0.39 is 23.8 Å². The van der Waals surface area contributed by atoms with Gasteiger partial charge in [-0.2, -0.15) is 13.2 Å². The average molecular weight is 421 g/mol. The molecule has 7 heteroatoms. The van der Waals surface area contributed by atoms with Gasteiger partial charge in [0, 0.05) is 24.9 Å². The first-order chi connectivity index (χ1) is 14.1. The molecule has 1 atom stereocenters. The molecule has 0 aromatic heterocycles. The second kappa shape index (κ2) is 10.4. The molecule has 1 unspecified atom stereocenters. The third-order valence-corrected chi connectivity index (χ3v) is 4.59. The highest BCUT2D eigenvalue weighted by Crippen LogP contribution is 2.30. The molecule has 0 saturated heterocycles. The number of ketones is 1. The Balaban J connectivity index is 1.81. The van der Waals surface area contributed by atoms with Crippen molar-refractivity contribution in [2.24, 2.45) is 5.92 Å². The minimum Gasteiger partial charge on any atom is -0.387 e. The lowest BCUT2D eigenvalue weighted by atomic mass is 9.99. The summed E-state index contributed by atoms with van der Waals surface area (Å²) in [6.07, 6.45) is -4.92. The standard InChI is InChI=1S/C23H26F3NO3/c1-15(2)12-16-6-8-17(9-7-16)20(28)10-11-22(30)27-14-21(29)18-4-3-5-19(13-18)23(24,25)26/h3-9,13,15,21,29H,10-12,14H2,1-2H3,(H,27,30). The van der Waals surface area contributed by atoms with Crippen molar-refractivity contribution < 1.29 is 27.9 Å². The number of benzene rings is 2. The monoisotopic (exact) mass is 421 g/mol. The largest absolute Gasteiger partial charge is 0.416 e. The fraction of sp³-hybridized carbons (Fsp3) is 0.391. The topological polar surface area (TPSA) is 66.4 Å². The van der Waals surface area contributed by atoms with Gasteiger partial charge < -0.3 is 10.4 Å². The Morgan fingerprint density at radius 2 is 1.70 bits per heavy atom. The number of carbonyl (C=O) groups excluding carboxylic acids is 2. The van der Waals surface area contributed by atoms with Crippen molar-refractivity contribution in [1.82, 2.24) is 5.32 Å². The van der Waals surface area contributed by atoms with E-state index in [1.54, 1.807) is 12.1 Å². The van der Waals surface area contributed by atoms with Gasteiger partial charge in [0.2, 0.25) is 5.91 Å². The van der Waals surface area contributed by atoms with Crippen LogP contribution < -0.4 is 5.32 Å². The second-order valence-electron chi connectivity index (χ2n) is 7.66. The molecule has 0 bridgehead atoms. The van der Waals surface area contributed by atoms with Gasteiger partial charge in [-0.05, 0) is 35.6 Å². The van der Waals surface area contributed by atoms with Crippen LogP contribution >= 0.6 is 0 Å². The van der Waals surface area contributed by atoms with E-state index >= 15 is 0 Å². The van der Waals surface area contributed by atoms with Crippen LogP contribution in [0.4, 0.5) is 13.2 Å². The molecule has 0 spiro atoms. The lowest BCUT2D eigenvalue weighted by Gasteiger charge is -2.14. The summed E-state index contributed by atoms with van der Waals surface area (Å²) < 4.78 is 38.3. The molecular formula is C23H26F3NO3. The molecule has 4 nitrogen and oxygen atoms in total. The Kier molecular flexibility index (Phi) is 8.17. The zero-order valence-electron chi connectivity index (χ0n) is 17.0. The first kappa shape index (κ1) is 23.6. The number of aliphatic hydroxyl groups is 1. The van der Waals surface area contributed by atoms with E-state index in [1.807, 2.05) is 12.1 Å². The molecule has 2 aromatic rings. The van der Waals surface area contributed by atoms with Crippen LogP contribution in [-0.2, 0) is 17.4 Å². The predicted molar refractivity (Wildman–Crippen MR) is 108 cm³/mol. The first-order valence-electron chi connectivity index (χ1n) is 9.80. The minimum absolute atomic E-state index is 0.00894. The third kappa shape index (κ3) is 7.30. The summed E-state index contributed by atoms with van der Waals surface area (Å²) in [7, 11) is 0. The van der Waals surface area contributed by atoms with Crippen molar-refractivity contribution in [3.8, 4) is 0 Å². The lowest BCUT2D eigenvalue weighted by molar-refractivity contribution is -0.137. The molecule has 0 radical (unpaired) electrons. The molecule has 0 aliphatic carbocycles. The predicted octanol–water partition coefficient (Wildman–Crippen LogP) is 4.72. The number of halogens is 3. The van der Waals surface area contributed by atoms with Gasteiger partial charge in [-0.15, -0.1) is 0 Å². The molecule has 162 valence electrons. The van der Waals surface area contributed by atoms with Gasteiger partial charge in [0.1, 0.15) is 0 Å². The van der Waals surface area contributed by atoms with Crippen LogP contribution in [0, 0.1) is 5.92 Å². The summed E-state index contributed by atoms with van der Waals surface area (Å²) >= 11 is 0. The van der Waals surface area contributed by atoms with Crippen molar-refractivity contribution in [2.45, 2.75) is 45.4 Å². The van der Waals surface area contributed by atoms with Crippen LogP contribution in [0.25, 0.3) is 0 Å². The number of hydrogen-bond donors (Lipinski definition) is 2. The normalized spacial score (nSPS) is 12.6. The summed E-state index contributed by atoms with van der Waals surface area (Å²) in [5, 5.41) is 12.5. The Hall–Kier alpha value is -2.67. The molecule has 2 aromatic carbocycles. The average Bonchev–Trinajstić information content (AvgIpc) is 2.69. The summed E-state index contributed by atoms with van der Waals surface area (Å²) in [6.45, 7) is 3.99. The quantitative estimate of drug-likeness (QED) is 0.576. The van der Waals surface area contributed by atoms with Gasteiger partial charge in [-0.1, -0.05) is 50.2 Å². The highest BCUT2D eigenvalue weighted by molar-refractivity contribution is 5.97. The number of nitrogens with one attached hydrogen (secondary N) is 1. The first-order valence-corrected chi connectivity index (χ1v) is 9.80. The van der Waals surface area contributed by atoms with Gasteiger partial charge in [-0.25, -0.2) is 0 Å². The van der Waals surface area contributed by atoms with E-state index in [0.29, 0.717) is 11.5 Å². The van der Waals surface area contributed by atoms with E-state index in [1.165, 1.54) is 12.1 Å². The highest BCUT2D eigenvalue weighted by atomic mass is 19.4. The van der Waals surface area contributed by atoms with Crippen molar-refractivity contribution in [2.75, 3.05) is 6.54 Å². The van der Waals surface area contributed by atoms with Crippen molar-refractivity contribution in [1.29, 1.82) is 0 Å². The highest BCUT2D eigenvalue weighted by Gasteiger charge is 2.30. The number of rotatable bonds is 9. The Morgan fingerprint density at radius 1 is 1.03 bits per heavy atom. The molecule has 1 amide bonds. The summed E-state index contributed by atoms with van der Waals surface area (Å²) in [5.74, 6) is -0.105. The fourth-order valence-corrected chi connectivity index (χ4v) is 3.01. The molecule has 2 rings (SSSR count). The van der Waals surface area contributed by atoms with E-state index in [4.69, 9.17) is 0 Å². The Bertz CT molecular complexity index is 861. The molecule has 0 fully saturated rings. The van der Waals surface area contributed by atoms with Gasteiger partial charge >= 0.3 is 6.18 Å². The van der Waals surface area contributed by atoms with Gasteiger partial charge in [0.05, 0.1) is 11.7 Å². The number of Topliss-reactive ketones (excluding diaryl/α,β-unsaturated/α-hetero) is 1. The second-order valence-corrected chi connectivity index (χ2v) is 7.66. The van der Waals surface area contributed by atoms with Crippen LogP contribution in [0.3, 0.4) is 0 Å². The third-order valence-electron chi connectivity index (χ3n) is 4.59. The number of hydrogen-bond acceptors (Lipinski definition) is 3. The lowest BCUT2D eigenvalue weighted by Crippen LogP contribution is -2.28. The maximum absolute atomic E-state index is 12.8. The molecule has 0 heterocycles. The number of amides is 1. The van der Waals surface area contributed by atoms with Crippen molar-refractivity contribution in [3.05, 3.63) is 70.8 Å². The van der Waals surface area contributed by atoms with Crippen LogP contribution in [0.15, 0.2) is 48.5 Å². The maximum Gasteiger partial charge on any atom is 0.416 e. The van der Waals surface area contributed by atoms with Crippen molar-refractivity contribution >= 4 is 11.7 Å². The Morgan fingerprint density at radius 3 is 2.30 bits per heavy atom. The fourth-order valence-electron chi connectivity index (χ4n) is 3.01. The molecule has 2 N–H and O–H groups in total. The van der Waals surface area contributed by atoms with Gasteiger partial charge in [0.15, 0.2) is 5.78 Å².